The first-order valence-electron chi connectivity index (χ1n) is 7.10. The first-order valence-corrected chi connectivity index (χ1v) is 7.10. The van der Waals surface area contributed by atoms with Gasteiger partial charge < -0.3 is 10.6 Å². The van der Waals surface area contributed by atoms with Crippen LogP contribution in [0.3, 0.4) is 0 Å². The molecule has 3 heterocycles. The van der Waals surface area contributed by atoms with Crippen molar-refractivity contribution in [1.29, 1.82) is 0 Å². The van der Waals surface area contributed by atoms with Gasteiger partial charge in [0.1, 0.15) is 5.52 Å². The lowest BCUT2D eigenvalue weighted by Crippen LogP contribution is -2.36. The number of hydrogen-bond acceptors (Lipinski definition) is 4. The fourth-order valence-corrected chi connectivity index (χ4v) is 2.71. The number of hydrogen-bond donors (Lipinski definition) is 1. The average Bonchev–Trinajstić information content (AvgIpc) is 2.81. The number of aromatic nitrogens is 3. The Morgan fingerprint density at radius 2 is 2.10 bits per heavy atom. The normalized spacial score (nSPS) is 15.7. The number of nitrogens with two attached hydrogens (primary N) is 1. The van der Waals surface area contributed by atoms with E-state index < -0.39 is 0 Å². The minimum Gasteiger partial charge on any atom is -0.369 e. The lowest BCUT2D eigenvalue weighted by Gasteiger charge is -2.26. The van der Waals surface area contributed by atoms with E-state index in [0.717, 1.165) is 37.1 Å². The number of nitrogen functional groups attached to an aromatic ring is 1. The third-order valence-corrected chi connectivity index (χ3v) is 3.79. The van der Waals surface area contributed by atoms with E-state index in [1.165, 1.54) is 6.42 Å². The van der Waals surface area contributed by atoms with Crippen LogP contribution in [0.1, 0.15) is 25.7 Å². The van der Waals surface area contributed by atoms with Crippen LogP contribution in [0.25, 0.3) is 11.2 Å². The van der Waals surface area contributed by atoms with Crippen LogP contribution < -0.4 is 5.73 Å². The topological polar surface area (TPSA) is 77.0 Å². The van der Waals surface area contributed by atoms with Crippen LogP contribution >= 0.6 is 0 Å². The first kappa shape index (κ1) is 12.9. The van der Waals surface area contributed by atoms with Gasteiger partial charge in [-0.05, 0) is 31.4 Å². The van der Waals surface area contributed by atoms with Gasteiger partial charge in [0.25, 0.3) is 0 Å². The fourth-order valence-electron chi connectivity index (χ4n) is 2.71. The van der Waals surface area contributed by atoms with E-state index in [-0.39, 0.29) is 5.91 Å². The number of rotatable bonds is 3. The lowest BCUT2D eigenvalue weighted by atomic mass is 10.1. The van der Waals surface area contributed by atoms with Gasteiger partial charge in [-0.15, -0.1) is 0 Å². The van der Waals surface area contributed by atoms with Crippen LogP contribution in [0, 0.1) is 0 Å². The number of carbonyl (C=O) groups excluding carboxylic acids is 1. The molecule has 0 aliphatic carbocycles. The molecule has 3 rings (SSSR count). The number of likely N-dealkylation sites (tertiary alicyclic amines) is 1. The zero-order valence-corrected chi connectivity index (χ0v) is 11.5. The maximum Gasteiger partial charge on any atom is 0.224 e. The number of anilines is 1. The van der Waals surface area contributed by atoms with Crippen LogP contribution in [-0.4, -0.2) is 38.4 Å². The Morgan fingerprint density at radius 1 is 1.30 bits per heavy atom. The van der Waals surface area contributed by atoms with Crippen LogP contribution in [0.4, 0.5) is 5.95 Å². The number of pyridine rings is 1. The van der Waals surface area contributed by atoms with Crippen LogP contribution in [0.15, 0.2) is 18.3 Å². The van der Waals surface area contributed by atoms with Crippen molar-refractivity contribution in [3.8, 4) is 0 Å². The summed E-state index contributed by atoms with van der Waals surface area (Å²) in [5.41, 5.74) is 7.43. The predicted octanol–water partition coefficient (Wildman–Crippen LogP) is 1.42. The highest BCUT2D eigenvalue weighted by molar-refractivity contribution is 5.77. The van der Waals surface area contributed by atoms with E-state index in [0.29, 0.717) is 18.9 Å². The maximum atomic E-state index is 12.2. The Morgan fingerprint density at radius 3 is 2.90 bits per heavy atom. The Kier molecular flexibility index (Phi) is 3.54. The number of amides is 1. The average molecular weight is 273 g/mol. The molecule has 6 nitrogen and oxygen atoms in total. The smallest absolute Gasteiger partial charge is 0.224 e. The van der Waals surface area contributed by atoms with E-state index in [2.05, 4.69) is 9.97 Å². The summed E-state index contributed by atoms with van der Waals surface area (Å²) in [4.78, 5) is 22.7. The molecular formula is C14H19N5O. The molecule has 0 spiro atoms. The second kappa shape index (κ2) is 5.48. The quantitative estimate of drug-likeness (QED) is 0.917. The monoisotopic (exact) mass is 273 g/mol. The number of nitrogens with zero attached hydrogens (tertiary/aromatic N) is 4. The molecule has 1 fully saturated rings. The molecule has 1 aliphatic heterocycles. The van der Waals surface area contributed by atoms with Gasteiger partial charge in [-0.2, -0.15) is 0 Å². The van der Waals surface area contributed by atoms with Gasteiger partial charge in [0.2, 0.25) is 11.9 Å². The summed E-state index contributed by atoms with van der Waals surface area (Å²) in [6.07, 6.45) is 5.62. The SMILES string of the molecule is Nc1nc2cccnc2n1CCC(=O)N1CCCCC1. The molecule has 1 aliphatic rings. The number of piperidine rings is 1. The van der Waals surface area contributed by atoms with Crippen LogP contribution in [-0.2, 0) is 11.3 Å². The lowest BCUT2D eigenvalue weighted by molar-refractivity contribution is -0.132. The van der Waals surface area contributed by atoms with Crippen molar-refractivity contribution in [3.63, 3.8) is 0 Å². The van der Waals surface area contributed by atoms with Crippen molar-refractivity contribution < 1.29 is 4.79 Å². The molecule has 6 heteroatoms. The molecule has 2 aromatic heterocycles. The second-order valence-electron chi connectivity index (χ2n) is 5.16. The fraction of sp³-hybridized carbons (Fsp3) is 0.500. The van der Waals surface area contributed by atoms with Crippen molar-refractivity contribution in [2.45, 2.75) is 32.2 Å². The highest BCUT2D eigenvalue weighted by Crippen LogP contribution is 2.16. The molecule has 2 N–H and O–H groups in total. The molecule has 20 heavy (non-hydrogen) atoms. The molecule has 0 bridgehead atoms. The van der Waals surface area contributed by atoms with Crippen LogP contribution in [0.2, 0.25) is 0 Å². The highest BCUT2D eigenvalue weighted by Gasteiger charge is 2.17. The van der Waals surface area contributed by atoms with Gasteiger partial charge in [-0.1, -0.05) is 0 Å². The van der Waals surface area contributed by atoms with Gasteiger partial charge in [0.15, 0.2) is 5.65 Å². The maximum absolute atomic E-state index is 12.2. The van der Waals surface area contributed by atoms with E-state index in [9.17, 15) is 4.79 Å². The van der Waals surface area contributed by atoms with Crippen molar-refractivity contribution in [1.82, 2.24) is 19.4 Å². The van der Waals surface area contributed by atoms with Gasteiger partial charge in [-0.25, -0.2) is 9.97 Å². The zero-order valence-electron chi connectivity index (χ0n) is 11.5. The minimum absolute atomic E-state index is 0.196. The molecule has 0 radical (unpaired) electrons. The third-order valence-electron chi connectivity index (χ3n) is 3.79. The second-order valence-corrected chi connectivity index (χ2v) is 5.16. The third kappa shape index (κ3) is 2.45. The molecular weight excluding hydrogens is 254 g/mol. The highest BCUT2D eigenvalue weighted by atomic mass is 16.2. The standard InChI is InChI=1S/C14H19N5O/c15-14-17-11-5-4-7-16-13(11)19(14)10-6-12(20)18-8-2-1-3-9-18/h4-5,7H,1-3,6,8-10H2,(H2,15,17). The molecule has 0 saturated carbocycles. The van der Waals surface area contributed by atoms with Crippen molar-refractivity contribution in [2.75, 3.05) is 18.8 Å². The van der Waals surface area contributed by atoms with Gasteiger partial charge in [-0.3, -0.25) is 9.36 Å². The zero-order chi connectivity index (χ0) is 13.9. The Balaban J connectivity index is 1.70. The molecule has 0 atom stereocenters. The van der Waals surface area contributed by atoms with E-state index in [4.69, 9.17) is 5.73 Å². The largest absolute Gasteiger partial charge is 0.369 e. The van der Waals surface area contributed by atoms with E-state index in [1.807, 2.05) is 21.6 Å². The summed E-state index contributed by atoms with van der Waals surface area (Å²) in [6.45, 7) is 2.31. The van der Waals surface area contributed by atoms with Crippen molar-refractivity contribution in [3.05, 3.63) is 18.3 Å². The van der Waals surface area contributed by atoms with Gasteiger partial charge >= 0.3 is 0 Å². The summed E-state index contributed by atoms with van der Waals surface area (Å²) in [5.74, 6) is 0.618. The summed E-state index contributed by atoms with van der Waals surface area (Å²) in [7, 11) is 0. The Bertz CT molecular complexity index is 615. The number of imidazole rings is 1. The van der Waals surface area contributed by atoms with Gasteiger partial charge in [0, 0.05) is 32.3 Å². The molecule has 0 unspecified atom stereocenters. The summed E-state index contributed by atoms with van der Waals surface area (Å²) in [5, 5.41) is 0. The summed E-state index contributed by atoms with van der Waals surface area (Å²) < 4.78 is 1.82. The summed E-state index contributed by atoms with van der Waals surface area (Å²) >= 11 is 0. The molecule has 106 valence electrons. The van der Waals surface area contributed by atoms with Crippen LogP contribution in [0.5, 0.6) is 0 Å². The number of aryl methyl sites for hydroxylation is 1. The first-order chi connectivity index (χ1) is 9.75. The number of fused-ring (bicyclic) bond motifs is 1. The number of carbonyl (C=O) groups is 1. The molecule has 1 amide bonds. The predicted molar refractivity (Wildman–Crippen MR) is 77.0 cm³/mol. The summed E-state index contributed by atoms with van der Waals surface area (Å²) in [6, 6.07) is 3.71. The Labute approximate surface area is 117 Å². The molecule has 0 aromatic carbocycles. The van der Waals surface area contributed by atoms with E-state index >= 15 is 0 Å². The van der Waals surface area contributed by atoms with Crippen molar-refractivity contribution >= 4 is 23.0 Å². The van der Waals surface area contributed by atoms with Crippen molar-refractivity contribution in [2.24, 2.45) is 0 Å². The van der Waals surface area contributed by atoms with E-state index in [1.54, 1.807) is 6.20 Å². The minimum atomic E-state index is 0.196. The molecule has 2 aromatic rings. The Hall–Kier alpha value is -2.11. The van der Waals surface area contributed by atoms with Gasteiger partial charge in [0.05, 0.1) is 0 Å². The molecule has 1 saturated heterocycles.